The van der Waals surface area contributed by atoms with E-state index in [1.165, 1.54) is 5.57 Å². The highest BCUT2D eigenvalue weighted by Gasteiger charge is 2.30. The number of benzene rings is 2. The standard InChI is InChI=1S/C20H22O4/c1-12(2)3-4-13-9-15(6-8-17(13)22)20-18(23)10-14-5-7-16(21)11-19(14)24-20/h3,5-9,11,18,20-23H,4,10H2,1-2H3/t18-,20+/m0/s1. The molecule has 126 valence electrons. The van der Waals surface area contributed by atoms with Gasteiger partial charge in [-0.1, -0.05) is 23.8 Å². The summed E-state index contributed by atoms with van der Waals surface area (Å²) in [4.78, 5) is 0. The molecule has 2 aromatic rings. The molecule has 3 rings (SSSR count). The Labute approximate surface area is 141 Å². The molecule has 3 N–H and O–H groups in total. The first-order chi connectivity index (χ1) is 11.4. The summed E-state index contributed by atoms with van der Waals surface area (Å²) < 4.78 is 5.92. The maximum Gasteiger partial charge on any atom is 0.150 e. The molecule has 0 bridgehead atoms. The molecule has 1 aliphatic rings. The minimum atomic E-state index is -0.678. The molecule has 0 saturated heterocycles. The molecule has 4 heteroatoms. The first-order valence-corrected chi connectivity index (χ1v) is 8.06. The lowest BCUT2D eigenvalue weighted by molar-refractivity contribution is 0.0206. The van der Waals surface area contributed by atoms with E-state index in [1.807, 2.05) is 26.0 Å². The van der Waals surface area contributed by atoms with E-state index in [0.717, 1.165) is 16.7 Å². The van der Waals surface area contributed by atoms with Gasteiger partial charge in [0.25, 0.3) is 0 Å². The number of aliphatic hydroxyl groups excluding tert-OH is 1. The van der Waals surface area contributed by atoms with Crippen molar-refractivity contribution in [3.8, 4) is 17.2 Å². The number of aliphatic hydroxyl groups is 1. The fourth-order valence-electron chi connectivity index (χ4n) is 2.92. The number of phenolic OH excluding ortho intramolecular Hbond substituents is 2. The lowest BCUT2D eigenvalue weighted by Gasteiger charge is -2.31. The third-order valence-electron chi connectivity index (χ3n) is 4.25. The predicted molar refractivity (Wildman–Crippen MR) is 92.4 cm³/mol. The first-order valence-electron chi connectivity index (χ1n) is 8.06. The minimum Gasteiger partial charge on any atom is -0.508 e. The van der Waals surface area contributed by atoms with Crippen molar-refractivity contribution in [1.82, 2.24) is 0 Å². The maximum absolute atomic E-state index is 10.5. The Kier molecular flexibility index (Phi) is 4.49. The van der Waals surface area contributed by atoms with Crippen molar-refractivity contribution in [3.05, 3.63) is 64.7 Å². The van der Waals surface area contributed by atoms with Gasteiger partial charge in [-0.15, -0.1) is 0 Å². The van der Waals surface area contributed by atoms with Crippen LogP contribution in [-0.4, -0.2) is 21.4 Å². The minimum absolute atomic E-state index is 0.138. The molecule has 0 aromatic heterocycles. The van der Waals surface area contributed by atoms with Gasteiger partial charge in [-0.05, 0) is 55.2 Å². The van der Waals surface area contributed by atoms with E-state index >= 15 is 0 Å². The Balaban J connectivity index is 1.91. The zero-order valence-electron chi connectivity index (χ0n) is 13.9. The molecular weight excluding hydrogens is 304 g/mol. The van der Waals surface area contributed by atoms with Crippen molar-refractivity contribution in [3.63, 3.8) is 0 Å². The van der Waals surface area contributed by atoms with Crippen molar-refractivity contribution in [2.24, 2.45) is 0 Å². The Morgan fingerprint density at radius 1 is 1.17 bits per heavy atom. The molecule has 2 aromatic carbocycles. The Hall–Kier alpha value is -2.46. The van der Waals surface area contributed by atoms with Crippen LogP contribution in [0.5, 0.6) is 17.2 Å². The van der Waals surface area contributed by atoms with Crippen LogP contribution in [-0.2, 0) is 12.8 Å². The van der Waals surface area contributed by atoms with Crippen molar-refractivity contribution in [1.29, 1.82) is 0 Å². The molecule has 4 nitrogen and oxygen atoms in total. The summed E-state index contributed by atoms with van der Waals surface area (Å²) in [5.41, 5.74) is 3.66. The van der Waals surface area contributed by atoms with Crippen LogP contribution in [0.15, 0.2) is 48.0 Å². The highest BCUT2D eigenvalue weighted by Crippen LogP contribution is 2.38. The van der Waals surface area contributed by atoms with Crippen LogP contribution >= 0.6 is 0 Å². The van der Waals surface area contributed by atoms with Gasteiger partial charge in [0.2, 0.25) is 0 Å². The average Bonchev–Trinajstić information content (AvgIpc) is 2.54. The average molecular weight is 326 g/mol. The lowest BCUT2D eigenvalue weighted by atomic mass is 9.93. The fourth-order valence-corrected chi connectivity index (χ4v) is 2.92. The van der Waals surface area contributed by atoms with E-state index in [0.29, 0.717) is 18.6 Å². The topological polar surface area (TPSA) is 69.9 Å². The second-order valence-corrected chi connectivity index (χ2v) is 6.48. The molecule has 0 saturated carbocycles. The predicted octanol–water partition coefficient (Wildman–Crippen LogP) is 3.64. The summed E-state index contributed by atoms with van der Waals surface area (Å²) in [5.74, 6) is 0.961. The number of allylic oxidation sites excluding steroid dienone is 2. The van der Waals surface area contributed by atoms with Crippen LogP contribution < -0.4 is 4.74 Å². The van der Waals surface area contributed by atoms with Gasteiger partial charge in [-0.3, -0.25) is 0 Å². The van der Waals surface area contributed by atoms with E-state index in [4.69, 9.17) is 4.74 Å². The van der Waals surface area contributed by atoms with E-state index in [9.17, 15) is 15.3 Å². The molecule has 1 heterocycles. The Bertz CT molecular complexity index is 775. The van der Waals surface area contributed by atoms with Crippen molar-refractivity contribution in [2.45, 2.75) is 38.9 Å². The van der Waals surface area contributed by atoms with Crippen LogP contribution in [0, 0.1) is 0 Å². The van der Waals surface area contributed by atoms with Crippen molar-refractivity contribution in [2.75, 3.05) is 0 Å². The summed E-state index contributed by atoms with van der Waals surface area (Å²) >= 11 is 0. The summed E-state index contributed by atoms with van der Waals surface area (Å²) in [6.07, 6.45) is 1.94. The lowest BCUT2D eigenvalue weighted by Crippen LogP contribution is -2.30. The molecule has 0 radical (unpaired) electrons. The molecule has 0 unspecified atom stereocenters. The molecule has 0 spiro atoms. The van der Waals surface area contributed by atoms with E-state index in [1.54, 1.807) is 30.3 Å². The molecule has 1 aliphatic heterocycles. The van der Waals surface area contributed by atoms with Gasteiger partial charge < -0.3 is 20.1 Å². The first kappa shape index (κ1) is 16.4. The van der Waals surface area contributed by atoms with Gasteiger partial charge >= 0.3 is 0 Å². The number of rotatable bonds is 3. The molecule has 0 fully saturated rings. The van der Waals surface area contributed by atoms with Gasteiger partial charge in [0.05, 0.1) is 6.10 Å². The van der Waals surface area contributed by atoms with Crippen LogP contribution in [0.2, 0.25) is 0 Å². The quantitative estimate of drug-likeness (QED) is 0.753. The fraction of sp³-hybridized carbons (Fsp3) is 0.300. The monoisotopic (exact) mass is 326 g/mol. The van der Waals surface area contributed by atoms with Crippen LogP contribution in [0.4, 0.5) is 0 Å². The third kappa shape index (κ3) is 3.39. The number of aromatic hydroxyl groups is 2. The zero-order valence-corrected chi connectivity index (χ0v) is 13.9. The second-order valence-electron chi connectivity index (χ2n) is 6.48. The number of phenols is 2. The molecule has 24 heavy (non-hydrogen) atoms. The molecular formula is C20H22O4. The Morgan fingerprint density at radius 2 is 1.96 bits per heavy atom. The third-order valence-corrected chi connectivity index (χ3v) is 4.25. The van der Waals surface area contributed by atoms with Crippen molar-refractivity contribution >= 4 is 0 Å². The number of hydrogen-bond acceptors (Lipinski definition) is 4. The SMILES string of the molecule is CC(C)=CCc1cc([C@H]2Oc3cc(O)ccc3C[C@@H]2O)ccc1O. The van der Waals surface area contributed by atoms with E-state index < -0.39 is 12.2 Å². The van der Waals surface area contributed by atoms with Gasteiger partial charge in [0, 0.05) is 12.5 Å². The van der Waals surface area contributed by atoms with E-state index in [-0.39, 0.29) is 11.5 Å². The largest absolute Gasteiger partial charge is 0.508 e. The summed E-state index contributed by atoms with van der Waals surface area (Å²) in [7, 11) is 0. The van der Waals surface area contributed by atoms with Crippen molar-refractivity contribution < 1.29 is 20.1 Å². The Morgan fingerprint density at radius 3 is 2.71 bits per heavy atom. The van der Waals surface area contributed by atoms with Gasteiger partial charge in [0.15, 0.2) is 0 Å². The van der Waals surface area contributed by atoms with Gasteiger partial charge in [-0.2, -0.15) is 0 Å². The smallest absolute Gasteiger partial charge is 0.150 e. The van der Waals surface area contributed by atoms with Crippen LogP contribution in [0.25, 0.3) is 0 Å². The molecule has 0 aliphatic carbocycles. The molecule has 2 atom stereocenters. The highest BCUT2D eigenvalue weighted by atomic mass is 16.5. The summed E-state index contributed by atoms with van der Waals surface area (Å²) in [6, 6.07) is 10.2. The summed E-state index contributed by atoms with van der Waals surface area (Å²) in [6.45, 7) is 4.02. The van der Waals surface area contributed by atoms with Crippen LogP contribution in [0.3, 0.4) is 0 Å². The highest BCUT2D eigenvalue weighted by molar-refractivity contribution is 5.44. The normalized spacial score (nSPS) is 19.3. The van der Waals surface area contributed by atoms with Crippen LogP contribution in [0.1, 0.15) is 36.6 Å². The van der Waals surface area contributed by atoms with Gasteiger partial charge in [-0.25, -0.2) is 0 Å². The second kappa shape index (κ2) is 6.57. The number of fused-ring (bicyclic) bond motifs is 1. The number of ether oxygens (including phenoxy) is 1. The zero-order chi connectivity index (χ0) is 17.3. The van der Waals surface area contributed by atoms with E-state index in [2.05, 4.69) is 0 Å². The van der Waals surface area contributed by atoms with Gasteiger partial charge in [0.1, 0.15) is 23.4 Å². The maximum atomic E-state index is 10.5. The summed E-state index contributed by atoms with van der Waals surface area (Å²) in [5, 5.41) is 30.1. The number of hydrogen-bond donors (Lipinski definition) is 3. The molecule has 0 amide bonds.